The van der Waals surface area contributed by atoms with Crippen LogP contribution < -0.4 is 4.90 Å². The van der Waals surface area contributed by atoms with E-state index in [0.717, 1.165) is 99.3 Å². The predicted molar refractivity (Wildman–Crippen MR) is 218 cm³/mol. The molecule has 0 N–H and O–H groups in total. The molecule has 54 heavy (non-hydrogen) atoms. The molecule has 0 amide bonds. The number of fused-ring (bicyclic) bond motifs is 13. The Morgan fingerprint density at radius 1 is 0.574 bits per heavy atom. The number of benzene rings is 8. The fourth-order valence-electron chi connectivity index (χ4n) is 7.70. The number of furan rings is 1. The van der Waals surface area contributed by atoms with E-state index in [9.17, 15) is 0 Å². The van der Waals surface area contributed by atoms with Gasteiger partial charge in [-0.1, -0.05) is 72.1 Å². The molecule has 0 fully saturated rings. The number of imidazole rings is 1. The second-order valence-electron chi connectivity index (χ2n) is 13.4. The van der Waals surface area contributed by atoms with E-state index in [1.807, 2.05) is 30.3 Å². The Balaban J connectivity index is 0.00000361. The van der Waals surface area contributed by atoms with E-state index in [4.69, 9.17) is 9.40 Å². The Morgan fingerprint density at radius 3 is 2.17 bits per heavy atom. The summed E-state index contributed by atoms with van der Waals surface area (Å²) in [4.78, 5) is 7.51. The third-order valence-corrected chi connectivity index (χ3v) is 10.2. The van der Waals surface area contributed by atoms with Crippen LogP contribution in [0.4, 0.5) is 17.1 Å². The maximum Gasteiger partial charge on any atom is 0.121 e. The molecule has 8 bridgehead atoms. The van der Waals surface area contributed by atoms with Crippen LogP contribution in [0.15, 0.2) is 174 Å². The van der Waals surface area contributed by atoms with Crippen molar-refractivity contribution in [1.29, 1.82) is 0 Å². The van der Waals surface area contributed by atoms with E-state index in [0.29, 0.717) is 0 Å². The summed E-state index contributed by atoms with van der Waals surface area (Å²) in [7, 11) is 0. The maximum atomic E-state index is 6.87. The minimum atomic E-state index is 0. The van der Waals surface area contributed by atoms with Gasteiger partial charge < -0.3 is 13.7 Å². The molecule has 258 valence electrons. The SMILES string of the molecule is [Pt].[c-]1ccccc1-c1[c-]c(N(c2ccccc2)c2[c-]c3cc4c2oc2ccc(cc24)c2cccc(c2)c2cccc(c2)n2c4ccccc4nc32)ccc1. The van der Waals surface area contributed by atoms with Crippen LogP contribution in [0.5, 0.6) is 0 Å². The number of para-hydroxylation sites is 3. The smallest absolute Gasteiger partial charge is 0.121 e. The summed E-state index contributed by atoms with van der Waals surface area (Å²) in [5.74, 6) is 0. The average molecular weight is 870 g/mol. The Kier molecular flexibility index (Phi) is 7.68. The summed E-state index contributed by atoms with van der Waals surface area (Å²) in [6.07, 6.45) is 0. The standard InChI is InChI=1S/C49H28N3O.Pt/c1-3-12-32(13-4-1)35-16-10-20-40(27-35)51(39-18-5-2-6-19-39)46-31-38-30-43-42-29-37(24-25-47(42)53-48(43)46)34-15-9-14-33(26-34)36-17-11-21-41(28-36)52-45-23-8-7-22-44(45)50-49(38)52;/h1-12,14-26,28-30H;/q-3;. The second-order valence-corrected chi connectivity index (χ2v) is 13.4. The van der Waals surface area contributed by atoms with Crippen molar-refractivity contribution in [2.24, 2.45) is 0 Å². The second kappa shape index (κ2) is 12.9. The first-order chi connectivity index (χ1) is 26.2. The molecule has 0 spiro atoms. The molecular formula is C49H28N3OPt-3. The van der Waals surface area contributed by atoms with Crippen LogP contribution in [0, 0.1) is 18.2 Å². The van der Waals surface area contributed by atoms with Crippen molar-refractivity contribution in [3.63, 3.8) is 0 Å². The first kappa shape index (κ1) is 32.2. The van der Waals surface area contributed by atoms with Crippen molar-refractivity contribution in [2.75, 3.05) is 4.90 Å². The zero-order valence-corrected chi connectivity index (χ0v) is 31.0. The molecule has 11 aromatic rings. The van der Waals surface area contributed by atoms with Crippen LogP contribution in [-0.2, 0) is 21.1 Å². The molecule has 3 heterocycles. The summed E-state index contributed by atoms with van der Waals surface area (Å²) in [5.41, 5.74) is 9.81. The number of hydrogen-bond donors (Lipinski definition) is 0. The number of aromatic nitrogens is 2. The van der Waals surface area contributed by atoms with Gasteiger partial charge in [0.2, 0.25) is 0 Å². The van der Waals surface area contributed by atoms with E-state index in [1.54, 1.807) is 0 Å². The van der Waals surface area contributed by atoms with Crippen LogP contribution in [0.3, 0.4) is 0 Å². The molecule has 3 aromatic heterocycles. The molecular weight excluding hydrogens is 842 g/mol. The van der Waals surface area contributed by atoms with Gasteiger partial charge in [-0.15, -0.1) is 29.7 Å². The molecule has 0 radical (unpaired) electrons. The van der Waals surface area contributed by atoms with Crippen molar-refractivity contribution in [1.82, 2.24) is 9.38 Å². The van der Waals surface area contributed by atoms with Gasteiger partial charge in [-0.05, 0) is 81.8 Å². The van der Waals surface area contributed by atoms with Crippen molar-refractivity contribution >= 4 is 88.1 Å². The summed E-state index contributed by atoms with van der Waals surface area (Å²) in [6.45, 7) is 0. The summed E-state index contributed by atoms with van der Waals surface area (Å²) < 4.78 is 9.13. The van der Waals surface area contributed by atoms with Crippen LogP contribution in [-0.4, -0.2) is 9.38 Å². The third-order valence-electron chi connectivity index (χ3n) is 10.2. The average Bonchev–Trinajstić information content (AvgIpc) is 3.80. The monoisotopic (exact) mass is 869 g/mol. The van der Waals surface area contributed by atoms with E-state index < -0.39 is 0 Å². The van der Waals surface area contributed by atoms with Gasteiger partial charge in [0, 0.05) is 43.3 Å². The van der Waals surface area contributed by atoms with Crippen LogP contribution >= 0.6 is 0 Å². The van der Waals surface area contributed by atoms with E-state index in [-0.39, 0.29) is 21.1 Å². The molecule has 0 aliphatic heterocycles. The van der Waals surface area contributed by atoms with Gasteiger partial charge in [-0.2, -0.15) is 42.5 Å². The van der Waals surface area contributed by atoms with Gasteiger partial charge in [0.25, 0.3) is 0 Å². The Labute approximate surface area is 325 Å². The van der Waals surface area contributed by atoms with Gasteiger partial charge in [-0.25, -0.2) is 11.1 Å². The van der Waals surface area contributed by atoms with Crippen LogP contribution in [0.25, 0.3) is 82.2 Å². The third kappa shape index (κ3) is 5.22. The molecule has 4 nitrogen and oxygen atoms in total. The fourth-order valence-corrected chi connectivity index (χ4v) is 7.70. The summed E-state index contributed by atoms with van der Waals surface area (Å²) >= 11 is 0. The maximum absolute atomic E-state index is 6.87. The number of hydrogen-bond acceptors (Lipinski definition) is 3. The van der Waals surface area contributed by atoms with Gasteiger partial charge in [0.1, 0.15) is 5.58 Å². The molecule has 0 aliphatic rings. The number of anilines is 3. The number of nitrogens with zero attached hydrogens (tertiary/aromatic N) is 3. The topological polar surface area (TPSA) is 33.7 Å². The van der Waals surface area contributed by atoms with Crippen LogP contribution in [0.1, 0.15) is 0 Å². The van der Waals surface area contributed by atoms with Crippen molar-refractivity contribution < 1.29 is 25.5 Å². The van der Waals surface area contributed by atoms with E-state index in [1.165, 1.54) is 0 Å². The van der Waals surface area contributed by atoms with Crippen molar-refractivity contribution in [2.45, 2.75) is 0 Å². The molecule has 8 aromatic carbocycles. The molecule has 5 heteroatoms. The molecule has 0 saturated carbocycles. The van der Waals surface area contributed by atoms with Crippen molar-refractivity contribution in [3.05, 3.63) is 188 Å². The summed E-state index contributed by atoms with van der Waals surface area (Å²) in [6, 6.07) is 70.1. The Morgan fingerprint density at radius 2 is 1.31 bits per heavy atom. The van der Waals surface area contributed by atoms with E-state index >= 15 is 0 Å². The zero-order chi connectivity index (χ0) is 34.9. The molecule has 0 saturated heterocycles. The van der Waals surface area contributed by atoms with Gasteiger partial charge in [0.15, 0.2) is 0 Å². The number of rotatable bonds is 4. The van der Waals surface area contributed by atoms with Gasteiger partial charge in [0.05, 0.1) is 22.3 Å². The Bertz CT molecular complexity index is 3240. The molecule has 0 atom stereocenters. The quantitative estimate of drug-likeness (QED) is 0.165. The predicted octanol–water partition coefficient (Wildman–Crippen LogP) is 12.9. The van der Waals surface area contributed by atoms with E-state index in [2.05, 4.69) is 167 Å². The minimum Gasteiger partial charge on any atom is -0.498 e. The summed E-state index contributed by atoms with van der Waals surface area (Å²) in [5, 5.41) is 7.43. The zero-order valence-electron chi connectivity index (χ0n) is 28.7. The van der Waals surface area contributed by atoms with Crippen molar-refractivity contribution in [3.8, 4) is 11.1 Å². The minimum absolute atomic E-state index is 0. The first-order valence-corrected chi connectivity index (χ1v) is 17.7. The fraction of sp³-hybridized carbons (Fsp3) is 0. The Hall–Kier alpha value is -6.48. The molecule has 0 unspecified atom stereocenters. The van der Waals surface area contributed by atoms with Gasteiger partial charge >= 0.3 is 0 Å². The van der Waals surface area contributed by atoms with Gasteiger partial charge in [-0.3, -0.25) is 4.98 Å². The largest absolute Gasteiger partial charge is 0.498 e. The molecule has 11 rings (SSSR count). The molecule has 0 aliphatic carbocycles. The first-order valence-electron chi connectivity index (χ1n) is 17.7. The van der Waals surface area contributed by atoms with Crippen LogP contribution in [0.2, 0.25) is 0 Å². The normalized spacial score (nSPS) is 11.6.